The minimum atomic E-state index is -3.19. The van der Waals surface area contributed by atoms with Gasteiger partial charge in [-0.15, -0.1) is 0 Å². The Hall–Kier alpha value is -2.54. The van der Waals surface area contributed by atoms with Crippen molar-refractivity contribution in [3.63, 3.8) is 0 Å². The number of carbonyl (C=O) groups excluding carboxylic acids is 1. The van der Waals surface area contributed by atoms with E-state index in [0.29, 0.717) is 43.0 Å². The molecule has 0 aromatic heterocycles. The highest BCUT2D eigenvalue weighted by Gasteiger charge is 2.24. The van der Waals surface area contributed by atoms with Crippen molar-refractivity contribution in [1.82, 2.24) is 4.90 Å². The summed E-state index contributed by atoms with van der Waals surface area (Å²) >= 11 is 0. The topological polar surface area (TPSA) is 72.9 Å². The van der Waals surface area contributed by atoms with Crippen LogP contribution in [0.2, 0.25) is 0 Å². The molecule has 0 bridgehead atoms. The van der Waals surface area contributed by atoms with Crippen molar-refractivity contribution in [2.45, 2.75) is 31.6 Å². The molecule has 1 aliphatic rings. The summed E-state index contributed by atoms with van der Waals surface area (Å²) in [7, 11) is -3.19. The molecule has 0 saturated carbocycles. The second kappa shape index (κ2) is 10.2. The van der Waals surface area contributed by atoms with Gasteiger partial charge in [-0.1, -0.05) is 38.1 Å². The summed E-state index contributed by atoms with van der Waals surface area (Å²) in [6, 6.07) is 14.7. The Labute approximate surface area is 185 Å². The molecule has 31 heavy (non-hydrogen) atoms. The number of sulfone groups is 1. The van der Waals surface area contributed by atoms with Crippen molar-refractivity contribution in [3.8, 4) is 16.9 Å². The molecule has 1 saturated heterocycles. The van der Waals surface area contributed by atoms with Crippen LogP contribution in [-0.4, -0.2) is 52.0 Å². The largest absolute Gasteiger partial charge is 0.493 e. The lowest BCUT2D eigenvalue weighted by molar-refractivity contribution is 0.0733. The molecule has 3 rings (SSSR count). The minimum Gasteiger partial charge on any atom is -0.493 e. The van der Waals surface area contributed by atoms with Crippen molar-refractivity contribution in [1.29, 1.82) is 0 Å². The van der Waals surface area contributed by atoms with Gasteiger partial charge in [-0.25, -0.2) is 13.2 Å². The molecule has 2 aromatic rings. The van der Waals surface area contributed by atoms with E-state index in [1.807, 2.05) is 50.2 Å². The lowest BCUT2D eigenvalue weighted by Crippen LogP contribution is -2.40. The summed E-state index contributed by atoms with van der Waals surface area (Å²) < 4.78 is 34.4. The lowest BCUT2D eigenvalue weighted by atomic mass is 9.98. The predicted octanol–water partition coefficient (Wildman–Crippen LogP) is 4.64. The number of benzene rings is 2. The van der Waals surface area contributed by atoms with Crippen LogP contribution in [0.1, 0.15) is 26.7 Å². The number of piperidine rings is 1. The van der Waals surface area contributed by atoms with E-state index in [1.54, 1.807) is 17.0 Å². The molecule has 168 valence electrons. The van der Waals surface area contributed by atoms with Gasteiger partial charge in [0.25, 0.3) is 0 Å². The second-order valence-electron chi connectivity index (χ2n) is 8.53. The van der Waals surface area contributed by atoms with Crippen molar-refractivity contribution < 1.29 is 22.7 Å². The van der Waals surface area contributed by atoms with E-state index in [0.717, 1.165) is 29.7 Å². The van der Waals surface area contributed by atoms with Crippen molar-refractivity contribution >= 4 is 15.9 Å². The fourth-order valence-corrected chi connectivity index (χ4v) is 4.09. The monoisotopic (exact) mass is 445 g/mol. The quantitative estimate of drug-likeness (QED) is 0.621. The van der Waals surface area contributed by atoms with Crippen LogP contribution in [0.5, 0.6) is 5.75 Å². The first-order chi connectivity index (χ1) is 14.7. The summed E-state index contributed by atoms with van der Waals surface area (Å²) in [6.45, 7) is 6.54. The van der Waals surface area contributed by atoms with E-state index < -0.39 is 9.84 Å². The third-order valence-electron chi connectivity index (χ3n) is 5.37. The van der Waals surface area contributed by atoms with Gasteiger partial charge in [0.05, 0.1) is 18.1 Å². The normalized spacial score (nSPS) is 15.2. The molecule has 6 nitrogen and oxygen atoms in total. The standard InChI is InChI=1S/C24H31NO5S/c1-18(2)16-30-24(26)25-14-12-19(13-15-25)17-29-22-8-4-20(5-9-22)21-6-10-23(11-7-21)31(3,27)28/h4-11,18-19H,12-17H2,1-3H3. The van der Waals surface area contributed by atoms with Gasteiger partial charge >= 0.3 is 6.09 Å². The summed E-state index contributed by atoms with van der Waals surface area (Å²) in [5, 5.41) is 0. The average molecular weight is 446 g/mol. The van der Waals surface area contributed by atoms with E-state index in [4.69, 9.17) is 9.47 Å². The number of likely N-dealkylation sites (tertiary alicyclic amines) is 1. The zero-order chi connectivity index (χ0) is 22.4. The molecule has 0 atom stereocenters. The maximum Gasteiger partial charge on any atom is 0.409 e. The summed E-state index contributed by atoms with van der Waals surface area (Å²) in [4.78, 5) is 14.1. The fourth-order valence-electron chi connectivity index (χ4n) is 3.46. The first-order valence-electron chi connectivity index (χ1n) is 10.7. The number of carbonyl (C=O) groups is 1. The molecule has 0 N–H and O–H groups in total. The number of nitrogens with zero attached hydrogens (tertiary/aromatic N) is 1. The molecule has 2 aromatic carbocycles. The van der Waals surface area contributed by atoms with Gasteiger partial charge in [0, 0.05) is 19.3 Å². The van der Waals surface area contributed by atoms with Crippen molar-refractivity contribution in [3.05, 3.63) is 48.5 Å². The number of ether oxygens (including phenoxy) is 2. The Morgan fingerprint density at radius 3 is 2.06 bits per heavy atom. The average Bonchev–Trinajstić information content (AvgIpc) is 2.76. The molecule has 1 amide bonds. The molecular weight excluding hydrogens is 414 g/mol. The highest BCUT2D eigenvalue weighted by atomic mass is 32.2. The van der Waals surface area contributed by atoms with Crippen molar-refractivity contribution in [2.24, 2.45) is 11.8 Å². The Kier molecular flexibility index (Phi) is 7.59. The van der Waals surface area contributed by atoms with Crippen LogP contribution in [0.3, 0.4) is 0 Å². The fraction of sp³-hybridized carbons (Fsp3) is 0.458. The molecule has 0 aliphatic carbocycles. The third-order valence-corrected chi connectivity index (χ3v) is 6.50. The van der Waals surface area contributed by atoms with Gasteiger partial charge in [-0.2, -0.15) is 0 Å². The van der Waals surface area contributed by atoms with Gasteiger partial charge in [0.15, 0.2) is 9.84 Å². The molecular formula is C24H31NO5S. The highest BCUT2D eigenvalue weighted by Crippen LogP contribution is 2.25. The zero-order valence-corrected chi connectivity index (χ0v) is 19.2. The van der Waals surface area contributed by atoms with Crippen LogP contribution in [0.25, 0.3) is 11.1 Å². The number of hydrogen-bond acceptors (Lipinski definition) is 5. The first-order valence-corrected chi connectivity index (χ1v) is 12.6. The van der Waals surface area contributed by atoms with Gasteiger partial charge < -0.3 is 14.4 Å². The van der Waals surface area contributed by atoms with E-state index >= 15 is 0 Å². The Bertz CT molecular complexity index is 960. The molecule has 1 heterocycles. The maximum absolute atomic E-state index is 12.0. The van der Waals surface area contributed by atoms with Crippen LogP contribution in [-0.2, 0) is 14.6 Å². The summed E-state index contributed by atoms with van der Waals surface area (Å²) in [6.07, 6.45) is 2.80. The van der Waals surface area contributed by atoms with Crippen LogP contribution >= 0.6 is 0 Å². The smallest absolute Gasteiger partial charge is 0.409 e. The number of hydrogen-bond donors (Lipinski definition) is 0. The van der Waals surface area contributed by atoms with E-state index in [2.05, 4.69) is 0 Å². The summed E-state index contributed by atoms with van der Waals surface area (Å²) in [5.41, 5.74) is 1.95. The first kappa shape index (κ1) is 23.1. The molecule has 7 heteroatoms. The molecule has 0 spiro atoms. The third kappa shape index (κ3) is 6.72. The van der Waals surface area contributed by atoms with E-state index in [9.17, 15) is 13.2 Å². The van der Waals surface area contributed by atoms with Gasteiger partial charge in [0.2, 0.25) is 0 Å². The highest BCUT2D eigenvalue weighted by molar-refractivity contribution is 7.90. The SMILES string of the molecule is CC(C)COC(=O)N1CCC(COc2ccc(-c3ccc(S(C)(=O)=O)cc3)cc2)CC1. The Morgan fingerprint density at radius 1 is 1.00 bits per heavy atom. The van der Waals surface area contributed by atoms with E-state index in [1.165, 1.54) is 6.26 Å². The van der Waals surface area contributed by atoms with Gasteiger partial charge in [0.1, 0.15) is 5.75 Å². The number of rotatable bonds is 7. The molecule has 0 radical (unpaired) electrons. The molecule has 1 fully saturated rings. The second-order valence-corrected chi connectivity index (χ2v) is 10.5. The summed E-state index contributed by atoms with van der Waals surface area (Å²) in [5.74, 6) is 1.56. The molecule has 1 aliphatic heterocycles. The van der Waals surface area contributed by atoms with Gasteiger partial charge in [-0.05, 0) is 60.1 Å². The zero-order valence-electron chi connectivity index (χ0n) is 18.4. The lowest BCUT2D eigenvalue weighted by Gasteiger charge is -2.31. The van der Waals surface area contributed by atoms with Gasteiger partial charge in [-0.3, -0.25) is 0 Å². The van der Waals surface area contributed by atoms with Crippen LogP contribution < -0.4 is 4.74 Å². The molecule has 0 unspecified atom stereocenters. The van der Waals surface area contributed by atoms with Crippen LogP contribution in [0.15, 0.2) is 53.4 Å². The number of amides is 1. The minimum absolute atomic E-state index is 0.215. The Morgan fingerprint density at radius 2 is 1.55 bits per heavy atom. The van der Waals surface area contributed by atoms with Crippen LogP contribution in [0.4, 0.5) is 4.79 Å². The Balaban J connectivity index is 1.46. The van der Waals surface area contributed by atoms with E-state index in [-0.39, 0.29) is 6.09 Å². The van der Waals surface area contributed by atoms with Crippen LogP contribution in [0, 0.1) is 11.8 Å². The predicted molar refractivity (Wildman–Crippen MR) is 121 cm³/mol. The van der Waals surface area contributed by atoms with Crippen molar-refractivity contribution in [2.75, 3.05) is 32.6 Å². The maximum atomic E-state index is 12.0.